The largest absolute Gasteiger partial charge is 0.491 e. The van der Waals surface area contributed by atoms with Crippen LogP contribution in [0.5, 0.6) is 5.75 Å². The zero-order valence-corrected chi connectivity index (χ0v) is 16.5. The van der Waals surface area contributed by atoms with Crippen LogP contribution in [0.2, 0.25) is 0 Å². The Morgan fingerprint density at radius 1 is 1.41 bits per heavy atom. The molecular weight excluding hydrogens is 342 g/mol. The fourth-order valence-corrected chi connectivity index (χ4v) is 6.27. The second kappa shape index (κ2) is 6.78. The van der Waals surface area contributed by atoms with E-state index in [4.69, 9.17) is 14.6 Å². The number of rotatable bonds is 5. The Kier molecular flexibility index (Phi) is 4.71. The van der Waals surface area contributed by atoms with Gasteiger partial charge in [0.1, 0.15) is 12.4 Å². The third-order valence-corrected chi connectivity index (χ3v) is 7.40. The molecule has 2 saturated carbocycles. The van der Waals surface area contributed by atoms with E-state index in [2.05, 4.69) is 25.2 Å². The van der Waals surface area contributed by atoms with Crippen LogP contribution in [0.15, 0.2) is 24.3 Å². The normalized spacial score (nSPS) is 36.3. The minimum absolute atomic E-state index is 0.00501. The molecule has 1 aromatic carbocycles. The van der Waals surface area contributed by atoms with Crippen molar-refractivity contribution in [3.63, 3.8) is 0 Å². The van der Waals surface area contributed by atoms with E-state index in [1.807, 2.05) is 18.2 Å². The highest BCUT2D eigenvalue weighted by atomic mass is 16.5. The molecule has 5 atom stereocenters. The summed E-state index contributed by atoms with van der Waals surface area (Å²) in [5, 5.41) is 12.3. The van der Waals surface area contributed by atoms with Gasteiger partial charge in [-0.15, -0.1) is 0 Å². The van der Waals surface area contributed by atoms with Gasteiger partial charge in [-0.2, -0.15) is 0 Å². The van der Waals surface area contributed by atoms with Crippen molar-refractivity contribution in [2.24, 2.45) is 22.7 Å². The van der Waals surface area contributed by atoms with Crippen LogP contribution >= 0.6 is 0 Å². The number of carbonyl (C=O) groups is 1. The van der Waals surface area contributed by atoms with Crippen LogP contribution in [0, 0.1) is 22.7 Å². The molecule has 0 aromatic heterocycles. The molecule has 2 N–H and O–H groups in total. The van der Waals surface area contributed by atoms with Gasteiger partial charge in [-0.05, 0) is 59.6 Å². The Morgan fingerprint density at radius 2 is 2.22 bits per heavy atom. The molecule has 3 fully saturated rings. The molecule has 27 heavy (non-hydrogen) atoms. The summed E-state index contributed by atoms with van der Waals surface area (Å²) in [6, 6.07) is 8.27. The van der Waals surface area contributed by atoms with Gasteiger partial charge in [0.05, 0.1) is 12.7 Å². The average molecular weight is 373 g/mol. The lowest BCUT2D eigenvalue weighted by atomic mass is 9.59. The summed E-state index contributed by atoms with van der Waals surface area (Å²) in [7, 11) is 0. The Balaban J connectivity index is 1.64. The molecule has 2 aliphatic carbocycles. The first kappa shape index (κ1) is 18.8. The maximum atomic E-state index is 12.0. The van der Waals surface area contributed by atoms with Crippen molar-refractivity contribution in [3.05, 3.63) is 29.8 Å². The van der Waals surface area contributed by atoms with Gasteiger partial charge in [-0.1, -0.05) is 26.0 Å². The second-order valence-corrected chi connectivity index (χ2v) is 9.12. The third kappa shape index (κ3) is 2.95. The number of hydrogen-bond donors (Lipinski definition) is 2. The molecule has 1 saturated heterocycles. The number of ether oxygens (including phenoxy) is 2. The van der Waals surface area contributed by atoms with Gasteiger partial charge in [0.15, 0.2) is 0 Å². The Labute approximate surface area is 161 Å². The van der Waals surface area contributed by atoms with Crippen LogP contribution in [-0.2, 0) is 9.53 Å². The molecule has 5 nitrogen and oxygen atoms in total. The van der Waals surface area contributed by atoms with Crippen LogP contribution in [0.1, 0.15) is 51.7 Å². The van der Waals surface area contributed by atoms with Gasteiger partial charge in [0.2, 0.25) is 5.91 Å². The van der Waals surface area contributed by atoms with E-state index in [0.29, 0.717) is 18.4 Å². The molecule has 4 rings (SSSR count). The summed E-state index contributed by atoms with van der Waals surface area (Å²) in [6.07, 6.45) is 3.37. The molecule has 1 aliphatic heterocycles. The van der Waals surface area contributed by atoms with Crippen molar-refractivity contribution >= 4 is 5.91 Å². The molecule has 148 valence electrons. The van der Waals surface area contributed by atoms with Crippen molar-refractivity contribution in [2.45, 2.75) is 52.2 Å². The van der Waals surface area contributed by atoms with E-state index in [1.165, 1.54) is 6.42 Å². The van der Waals surface area contributed by atoms with Crippen molar-refractivity contribution in [3.8, 4) is 5.75 Å². The standard InChI is InChI=1S/C22H31NO4/c1-14(25)23-20-21(2,3)16-12-18-19(27-9-7-22(18,20)13-16)15-5-4-6-17(11-15)26-10-8-24/h4-6,11,16,18-20,24H,7-10,12-13H2,1-3H3,(H,23,25)/t16-,18-,19-,20-,22?/m1/s1. The zero-order valence-electron chi connectivity index (χ0n) is 16.5. The highest BCUT2D eigenvalue weighted by Crippen LogP contribution is 2.70. The molecule has 0 radical (unpaired) electrons. The summed E-state index contributed by atoms with van der Waals surface area (Å²) in [4.78, 5) is 12.0. The van der Waals surface area contributed by atoms with E-state index in [-0.39, 0.29) is 35.5 Å². The molecule has 5 heteroatoms. The van der Waals surface area contributed by atoms with Crippen LogP contribution in [0.25, 0.3) is 0 Å². The lowest BCUT2D eigenvalue weighted by Crippen LogP contribution is -2.58. The van der Waals surface area contributed by atoms with Crippen molar-refractivity contribution in [2.75, 3.05) is 19.8 Å². The molecule has 1 unspecified atom stereocenters. The molecule has 3 aliphatic rings. The van der Waals surface area contributed by atoms with Gasteiger partial charge >= 0.3 is 0 Å². The number of fused-ring (bicyclic) bond motifs is 1. The van der Waals surface area contributed by atoms with E-state index >= 15 is 0 Å². The zero-order chi connectivity index (χ0) is 19.2. The number of nitrogens with one attached hydrogen (secondary N) is 1. The van der Waals surface area contributed by atoms with E-state index in [0.717, 1.165) is 30.8 Å². The van der Waals surface area contributed by atoms with E-state index in [1.54, 1.807) is 6.92 Å². The number of hydrogen-bond acceptors (Lipinski definition) is 4. The highest BCUT2D eigenvalue weighted by molar-refractivity contribution is 5.73. The molecule has 2 bridgehead atoms. The SMILES string of the molecule is CC(=O)N[C@@H]1C(C)(C)[C@@H]2C[C@@H]3[C@@H](c4cccc(OCCO)c4)OCCC31C2. The molecule has 1 heterocycles. The van der Waals surface area contributed by atoms with Gasteiger partial charge in [-0.25, -0.2) is 0 Å². The molecule has 1 amide bonds. The van der Waals surface area contributed by atoms with Crippen LogP contribution < -0.4 is 10.1 Å². The first-order valence-electron chi connectivity index (χ1n) is 10.1. The molecule has 1 aromatic rings. The second-order valence-electron chi connectivity index (χ2n) is 9.12. The Hall–Kier alpha value is -1.59. The smallest absolute Gasteiger partial charge is 0.217 e. The maximum absolute atomic E-state index is 12.0. The lowest BCUT2D eigenvalue weighted by Gasteiger charge is -2.53. The number of amides is 1. The lowest BCUT2D eigenvalue weighted by molar-refractivity contribution is -0.136. The van der Waals surface area contributed by atoms with Crippen LogP contribution in [0.3, 0.4) is 0 Å². The number of aliphatic hydroxyl groups is 1. The summed E-state index contributed by atoms with van der Waals surface area (Å²) in [6.45, 7) is 7.29. The van der Waals surface area contributed by atoms with Crippen molar-refractivity contribution in [1.82, 2.24) is 5.32 Å². The molecular formula is C22H31NO4. The molecule has 1 spiro atoms. The van der Waals surface area contributed by atoms with Crippen LogP contribution in [0.4, 0.5) is 0 Å². The highest BCUT2D eigenvalue weighted by Gasteiger charge is 2.68. The topological polar surface area (TPSA) is 67.8 Å². The number of benzene rings is 1. The fraction of sp³-hybridized carbons (Fsp3) is 0.682. The minimum Gasteiger partial charge on any atom is -0.491 e. The summed E-state index contributed by atoms with van der Waals surface area (Å²) in [5.41, 5.74) is 1.38. The summed E-state index contributed by atoms with van der Waals surface area (Å²) in [5.74, 6) is 1.86. The predicted molar refractivity (Wildman–Crippen MR) is 102 cm³/mol. The van der Waals surface area contributed by atoms with Crippen LogP contribution in [-0.4, -0.2) is 36.9 Å². The van der Waals surface area contributed by atoms with Gasteiger partial charge in [0, 0.05) is 19.6 Å². The number of carbonyl (C=O) groups excluding carboxylic acids is 1. The minimum atomic E-state index is 0.00501. The first-order valence-corrected chi connectivity index (χ1v) is 10.1. The summed E-state index contributed by atoms with van der Waals surface area (Å²) < 4.78 is 11.9. The summed E-state index contributed by atoms with van der Waals surface area (Å²) >= 11 is 0. The van der Waals surface area contributed by atoms with Gasteiger partial charge in [-0.3, -0.25) is 4.79 Å². The van der Waals surface area contributed by atoms with Gasteiger partial charge in [0.25, 0.3) is 0 Å². The number of aliphatic hydroxyl groups excluding tert-OH is 1. The predicted octanol–water partition coefficient (Wildman–Crippen LogP) is 3.08. The fourth-order valence-electron chi connectivity index (χ4n) is 6.27. The van der Waals surface area contributed by atoms with Crippen molar-refractivity contribution in [1.29, 1.82) is 0 Å². The van der Waals surface area contributed by atoms with E-state index in [9.17, 15) is 4.79 Å². The first-order chi connectivity index (χ1) is 12.9. The van der Waals surface area contributed by atoms with Crippen molar-refractivity contribution < 1.29 is 19.4 Å². The van der Waals surface area contributed by atoms with E-state index < -0.39 is 0 Å². The average Bonchev–Trinajstić information content (AvgIpc) is 3.12. The maximum Gasteiger partial charge on any atom is 0.217 e. The monoisotopic (exact) mass is 373 g/mol. The third-order valence-electron chi connectivity index (χ3n) is 7.40. The quantitative estimate of drug-likeness (QED) is 0.832. The van der Waals surface area contributed by atoms with Gasteiger partial charge < -0.3 is 19.9 Å². The Bertz CT molecular complexity index is 718. The Morgan fingerprint density at radius 3 is 2.96 bits per heavy atom.